The Kier molecular flexibility index (Phi) is 5.24. The van der Waals surface area contributed by atoms with Crippen molar-refractivity contribution in [2.24, 2.45) is 0 Å². The lowest BCUT2D eigenvalue weighted by molar-refractivity contribution is -0.127. The Morgan fingerprint density at radius 1 is 1.37 bits per heavy atom. The molecule has 0 spiro atoms. The monoisotopic (exact) mass is 400 g/mol. The highest BCUT2D eigenvalue weighted by Crippen LogP contribution is 2.29. The summed E-state index contributed by atoms with van der Waals surface area (Å²) in [4.78, 5) is 25.8. The largest absolute Gasteiger partial charge is 0.756 e. The number of nitrogens with zero attached hydrogens (tertiary/aromatic N) is 3. The van der Waals surface area contributed by atoms with Gasteiger partial charge in [-0.25, -0.2) is 17.6 Å². The van der Waals surface area contributed by atoms with Gasteiger partial charge in [-0.05, 0) is 18.2 Å². The normalized spacial score (nSPS) is 21.9. The number of anilines is 2. The lowest BCUT2D eigenvalue weighted by Gasteiger charge is -2.29. The molecule has 2 saturated heterocycles. The Labute approximate surface area is 155 Å². The maximum Gasteiger partial charge on any atom is 0.414 e. The summed E-state index contributed by atoms with van der Waals surface area (Å²) in [5.41, 5.74) is 0.522. The standard InChI is InChI=1S/C16H19FN3O6S/c1-11(21)20(23)10-13-9-19(16(22)26-13)12-2-3-15(14(17)8-12)18-4-6-27(24,25)7-5-18/h2-3,8,13H,4-7,9-10H2,1H3/q-1. The Bertz CT molecular complexity index is 848. The highest BCUT2D eigenvalue weighted by atomic mass is 32.2. The van der Waals surface area contributed by atoms with E-state index in [-0.39, 0.29) is 54.1 Å². The first-order valence-corrected chi connectivity index (χ1v) is 10.2. The summed E-state index contributed by atoms with van der Waals surface area (Å²) in [6, 6.07) is 4.19. The summed E-state index contributed by atoms with van der Waals surface area (Å²) >= 11 is 0. The van der Waals surface area contributed by atoms with Gasteiger partial charge < -0.3 is 19.9 Å². The van der Waals surface area contributed by atoms with Crippen LogP contribution >= 0.6 is 0 Å². The van der Waals surface area contributed by atoms with E-state index < -0.39 is 33.8 Å². The predicted molar refractivity (Wildman–Crippen MR) is 95.6 cm³/mol. The second-order valence-electron chi connectivity index (χ2n) is 6.47. The maximum atomic E-state index is 14.5. The number of hydroxylamine groups is 2. The molecule has 0 saturated carbocycles. The molecule has 1 atom stereocenters. The molecule has 0 N–H and O–H groups in total. The van der Waals surface area contributed by atoms with E-state index in [0.717, 1.165) is 6.92 Å². The van der Waals surface area contributed by atoms with Crippen LogP contribution in [0.15, 0.2) is 18.2 Å². The van der Waals surface area contributed by atoms with Crippen molar-refractivity contribution in [3.63, 3.8) is 0 Å². The molecule has 2 amide bonds. The summed E-state index contributed by atoms with van der Waals surface area (Å²) in [6.07, 6.45) is -1.53. The summed E-state index contributed by atoms with van der Waals surface area (Å²) in [7, 11) is -3.07. The molecule has 0 bridgehead atoms. The molecule has 1 aromatic carbocycles. The van der Waals surface area contributed by atoms with E-state index in [1.54, 1.807) is 4.90 Å². The number of carbonyl (C=O) groups is 2. The fourth-order valence-electron chi connectivity index (χ4n) is 3.01. The first-order chi connectivity index (χ1) is 12.7. The minimum absolute atomic E-state index is 0.0194. The minimum atomic E-state index is -3.07. The van der Waals surface area contributed by atoms with Crippen molar-refractivity contribution in [3.8, 4) is 0 Å². The molecule has 9 nitrogen and oxygen atoms in total. The Morgan fingerprint density at radius 2 is 2.04 bits per heavy atom. The first-order valence-electron chi connectivity index (χ1n) is 8.34. The topological polar surface area (TPSA) is 110 Å². The molecule has 148 valence electrons. The van der Waals surface area contributed by atoms with Gasteiger partial charge in [-0.15, -0.1) is 0 Å². The van der Waals surface area contributed by atoms with Gasteiger partial charge in [0, 0.05) is 26.6 Å². The highest BCUT2D eigenvalue weighted by molar-refractivity contribution is 7.91. The molecule has 1 unspecified atom stereocenters. The van der Waals surface area contributed by atoms with Crippen molar-refractivity contribution in [3.05, 3.63) is 29.2 Å². The second kappa shape index (κ2) is 7.31. The molecule has 3 rings (SSSR count). The van der Waals surface area contributed by atoms with E-state index in [0.29, 0.717) is 0 Å². The van der Waals surface area contributed by atoms with E-state index >= 15 is 0 Å². The molecule has 2 aliphatic rings. The van der Waals surface area contributed by atoms with Crippen molar-refractivity contribution in [1.29, 1.82) is 0 Å². The van der Waals surface area contributed by atoms with Gasteiger partial charge in [0.15, 0.2) is 9.84 Å². The fourth-order valence-corrected chi connectivity index (χ4v) is 4.22. The lowest BCUT2D eigenvalue weighted by Crippen LogP contribution is -2.40. The molecule has 0 radical (unpaired) electrons. The number of rotatable bonds is 4. The molecule has 2 aliphatic heterocycles. The molecule has 2 fully saturated rings. The minimum Gasteiger partial charge on any atom is -0.756 e. The van der Waals surface area contributed by atoms with Crippen LogP contribution in [0.5, 0.6) is 0 Å². The number of halogens is 1. The van der Waals surface area contributed by atoms with E-state index in [9.17, 15) is 27.6 Å². The average molecular weight is 400 g/mol. The number of hydrogen-bond acceptors (Lipinski definition) is 7. The van der Waals surface area contributed by atoms with Crippen molar-refractivity contribution < 1.29 is 27.1 Å². The molecule has 2 heterocycles. The second-order valence-corrected chi connectivity index (χ2v) is 8.77. The molecule has 0 aliphatic carbocycles. The van der Waals surface area contributed by atoms with Crippen molar-refractivity contribution >= 4 is 33.2 Å². The number of carbonyl (C=O) groups excluding carboxylic acids is 2. The van der Waals surface area contributed by atoms with Crippen LogP contribution in [0.2, 0.25) is 0 Å². The summed E-state index contributed by atoms with van der Waals surface area (Å²) in [5.74, 6) is -1.34. The van der Waals surface area contributed by atoms with Crippen LogP contribution in [0.3, 0.4) is 0 Å². The number of cyclic esters (lactones) is 1. The van der Waals surface area contributed by atoms with Gasteiger partial charge in [0.25, 0.3) is 0 Å². The van der Waals surface area contributed by atoms with Gasteiger partial charge in [-0.1, -0.05) is 0 Å². The third-order valence-electron chi connectivity index (χ3n) is 4.52. The van der Waals surface area contributed by atoms with Crippen molar-refractivity contribution in [1.82, 2.24) is 5.06 Å². The van der Waals surface area contributed by atoms with Gasteiger partial charge in [-0.2, -0.15) is 0 Å². The van der Waals surface area contributed by atoms with Crippen LogP contribution in [0.4, 0.5) is 20.6 Å². The van der Waals surface area contributed by atoms with Crippen LogP contribution in [0, 0.1) is 11.0 Å². The molecular formula is C16H19FN3O6S-. The van der Waals surface area contributed by atoms with E-state index in [1.165, 1.54) is 23.1 Å². The summed E-state index contributed by atoms with van der Waals surface area (Å²) in [6.45, 7) is 1.25. The Balaban J connectivity index is 1.70. The quantitative estimate of drug-likeness (QED) is 0.685. The number of benzene rings is 1. The predicted octanol–water partition coefficient (Wildman–Crippen LogP) is 0.732. The Morgan fingerprint density at radius 3 is 2.63 bits per heavy atom. The van der Waals surface area contributed by atoms with Crippen molar-refractivity contribution in [2.75, 3.05) is 47.5 Å². The third kappa shape index (κ3) is 4.30. The van der Waals surface area contributed by atoms with Gasteiger partial charge >= 0.3 is 6.09 Å². The highest BCUT2D eigenvalue weighted by Gasteiger charge is 2.33. The van der Waals surface area contributed by atoms with Crippen LogP contribution in [-0.4, -0.2) is 69.3 Å². The SMILES string of the molecule is CC(=O)N([O-])CC1CN(c2ccc(N3CCS(=O)(=O)CC3)c(F)c2)C(=O)O1. The van der Waals surface area contributed by atoms with Crippen molar-refractivity contribution in [2.45, 2.75) is 13.0 Å². The maximum absolute atomic E-state index is 14.5. The molecular weight excluding hydrogens is 381 g/mol. The zero-order chi connectivity index (χ0) is 19.8. The van der Waals surface area contributed by atoms with E-state index in [1.807, 2.05) is 0 Å². The smallest absolute Gasteiger partial charge is 0.414 e. The van der Waals surface area contributed by atoms with E-state index in [2.05, 4.69) is 0 Å². The number of sulfone groups is 1. The van der Waals surface area contributed by atoms with Gasteiger partial charge in [0.1, 0.15) is 11.9 Å². The number of hydrogen-bond donors (Lipinski definition) is 0. The molecule has 11 heteroatoms. The van der Waals surface area contributed by atoms with Crippen LogP contribution < -0.4 is 9.80 Å². The molecule has 1 aromatic rings. The summed E-state index contributed by atoms with van der Waals surface area (Å²) < 4.78 is 42.6. The zero-order valence-corrected chi connectivity index (χ0v) is 15.4. The van der Waals surface area contributed by atoms with Crippen LogP contribution in [0.1, 0.15) is 6.92 Å². The Hall–Kier alpha value is -2.40. The van der Waals surface area contributed by atoms with Gasteiger partial charge in [0.2, 0.25) is 5.91 Å². The fraction of sp³-hybridized carbons (Fsp3) is 0.500. The van der Waals surface area contributed by atoms with Crippen LogP contribution in [-0.2, 0) is 19.4 Å². The lowest BCUT2D eigenvalue weighted by atomic mass is 10.2. The number of ether oxygens (including phenoxy) is 1. The van der Waals surface area contributed by atoms with Crippen LogP contribution in [0.25, 0.3) is 0 Å². The number of amides is 2. The average Bonchev–Trinajstić information content (AvgIpc) is 2.95. The third-order valence-corrected chi connectivity index (χ3v) is 6.13. The first kappa shape index (κ1) is 19.4. The van der Waals surface area contributed by atoms with Gasteiger partial charge in [-0.3, -0.25) is 9.69 Å². The van der Waals surface area contributed by atoms with Gasteiger partial charge in [0.05, 0.1) is 29.4 Å². The zero-order valence-electron chi connectivity index (χ0n) is 14.6. The molecule has 27 heavy (non-hydrogen) atoms. The van der Waals surface area contributed by atoms with E-state index in [4.69, 9.17) is 4.74 Å². The molecule has 0 aromatic heterocycles. The summed E-state index contributed by atoms with van der Waals surface area (Å²) in [5, 5.41) is 11.6.